The van der Waals surface area contributed by atoms with E-state index in [-0.39, 0.29) is 26.4 Å². The summed E-state index contributed by atoms with van der Waals surface area (Å²) in [7, 11) is 0. The highest BCUT2D eigenvalue weighted by Gasteiger charge is 2.58. The van der Waals surface area contributed by atoms with Crippen LogP contribution in [-0.2, 0) is 54.9 Å². The zero-order valence-electron chi connectivity index (χ0n) is 22.4. The summed E-state index contributed by atoms with van der Waals surface area (Å²) in [5.74, 6) is -0.486. The lowest BCUT2D eigenvalue weighted by Gasteiger charge is -2.33. The van der Waals surface area contributed by atoms with Crippen molar-refractivity contribution in [2.45, 2.75) is 44.2 Å². The van der Waals surface area contributed by atoms with Gasteiger partial charge in [-0.3, -0.25) is 0 Å². The van der Waals surface area contributed by atoms with E-state index in [1.165, 1.54) is 0 Å². The molecule has 2 atom stereocenters. The van der Waals surface area contributed by atoms with Gasteiger partial charge in [-0.25, -0.2) is 4.79 Å². The number of benzene rings is 4. The third-order valence-electron chi connectivity index (χ3n) is 6.79. The minimum absolute atomic E-state index is 0.0904. The number of rotatable bonds is 14. The minimum Gasteiger partial charge on any atom is -0.449 e. The maximum absolute atomic E-state index is 13.4. The van der Waals surface area contributed by atoms with Crippen LogP contribution in [0.3, 0.4) is 0 Å². The standard InChI is InChI=1S/C34H34O6/c35-33-31(38-23-29-17-9-3-10-18-29)32(39-24-30-19-11-4-12-20-30)34(40-33,25-36-21-27-13-5-1-6-14-27)26-37-22-28-15-7-2-8-16-28/h1-20,31-32H,21-26H2. The van der Waals surface area contributed by atoms with Crippen molar-refractivity contribution in [3.8, 4) is 0 Å². The van der Waals surface area contributed by atoms with Gasteiger partial charge >= 0.3 is 5.97 Å². The maximum Gasteiger partial charge on any atom is 0.339 e. The fraction of sp³-hybridized carbons (Fsp3) is 0.265. The lowest BCUT2D eigenvalue weighted by molar-refractivity contribution is -0.180. The number of hydrogen-bond acceptors (Lipinski definition) is 6. The molecule has 40 heavy (non-hydrogen) atoms. The Balaban J connectivity index is 1.37. The van der Waals surface area contributed by atoms with Crippen molar-refractivity contribution in [1.82, 2.24) is 0 Å². The molecule has 0 saturated carbocycles. The van der Waals surface area contributed by atoms with Crippen molar-refractivity contribution in [2.24, 2.45) is 0 Å². The lowest BCUT2D eigenvalue weighted by atomic mass is 9.96. The molecule has 0 amide bonds. The fourth-order valence-corrected chi connectivity index (χ4v) is 4.73. The molecule has 1 aliphatic rings. The first kappa shape index (κ1) is 27.7. The van der Waals surface area contributed by atoms with Gasteiger partial charge in [-0.1, -0.05) is 121 Å². The third kappa shape index (κ3) is 7.43. The van der Waals surface area contributed by atoms with E-state index in [1.54, 1.807) is 0 Å². The number of esters is 1. The Morgan fingerprint density at radius 2 is 0.900 bits per heavy atom. The van der Waals surface area contributed by atoms with Crippen molar-refractivity contribution in [3.05, 3.63) is 144 Å². The Bertz CT molecular complexity index is 1250. The largest absolute Gasteiger partial charge is 0.449 e. The number of ether oxygens (including phenoxy) is 5. The van der Waals surface area contributed by atoms with Crippen molar-refractivity contribution in [2.75, 3.05) is 13.2 Å². The van der Waals surface area contributed by atoms with Crippen LogP contribution in [0.15, 0.2) is 121 Å². The van der Waals surface area contributed by atoms with Crippen LogP contribution in [0.4, 0.5) is 0 Å². The molecule has 2 unspecified atom stereocenters. The normalized spacial score (nSPS) is 17.9. The SMILES string of the molecule is O=C1OC(COCc2ccccc2)(COCc2ccccc2)C(OCc2ccccc2)C1OCc1ccccc1. The molecule has 6 nitrogen and oxygen atoms in total. The van der Waals surface area contributed by atoms with Crippen LogP contribution in [0.5, 0.6) is 0 Å². The Hall–Kier alpha value is -3.81. The summed E-state index contributed by atoms with van der Waals surface area (Å²) in [6.45, 7) is 1.43. The Morgan fingerprint density at radius 3 is 1.32 bits per heavy atom. The smallest absolute Gasteiger partial charge is 0.339 e. The topological polar surface area (TPSA) is 63.2 Å². The molecule has 0 spiro atoms. The minimum atomic E-state index is -1.20. The molecule has 1 fully saturated rings. The Kier molecular flexibility index (Phi) is 9.72. The second-order valence-electron chi connectivity index (χ2n) is 9.88. The van der Waals surface area contributed by atoms with Gasteiger partial charge in [0.25, 0.3) is 0 Å². The van der Waals surface area contributed by atoms with Crippen LogP contribution in [0.1, 0.15) is 22.3 Å². The molecule has 0 radical (unpaired) electrons. The molecule has 4 aromatic carbocycles. The van der Waals surface area contributed by atoms with Crippen LogP contribution in [-0.4, -0.2) is 37.0 Å². The highest BCUT2D eigenvalue weighted by atomic mass is 16.7. The van der Waals surface area contributed by atoms with Gasteiger partial charge in [-0.15, -0.1) is 0 Å². The van der Waals surface area contributed by atoms with Gasteiger partial charge in [0.05, 0.1) is 39.6 Å². The summed E-state index contributed by atoms with van der Waals surface area (Å²) in [6, 6.07) is 39.3. The van der Waals surface area contributed by atoms with E-state index >= 15 is 0 Å². The molecule has 0 aromatic heterocycles. The van der Waals surface area contributed by atoms with E-state index in [2.05, 4.69) is 0 Å². The van der Waals surface area contributed by atoms with Crippen LogP contribution < -0.4 is 0 Å². The predicted octanol–water partition coefficient (Wildman–Crippen LogP) is 5.89. The number of carbonyl (C=O) groups is 1. The first-order chi connectivity index (χ1) is 19.7. The highest BCUT2D eigenvalue weighted by Crippen LogP contribution is 2.35. The predicted molar refractivity (Wildman–Crippen MR) is 151 cm³/mol. The summed E-state index contributed by atoms with van der Waals surface area (Å²) in [5, 5.41) is 0. The van der Waals surface area contributed by atoms with Crippen LogP contribution >= 0.6 is 0 Å². The van der Waals surface area contributed by atoms with Crippen molar-refractivity contribution in [3.63, 3.8) is 0 Å². The maximum atomic E-state index is 13.4. The summed E-state index contributed by atoms with van der Waals surface area (Å²) < 4.78 is 31.0. The number of hydrogen-bond donors (Lipinski definition) is 0. The Labute approximate surface area is 235 Å². The molecule has 1 heterocycles. The number of carbonyl (C=O) groups excluding carboxylic acids is 1. The van der Waals surface area contributed by atoms with Crippen LogP contribution in [0.25, 0.3) is 0 Å². The molecule has 206 valence electrons. The quantitative estimate of drug-likeness (QED) is 0.187. The molecule has 4 aromatic rings. The van der Waals surface area contributed by atoms with Gasteiger partial charge < -0.3 is 23.7 Å². The molecule has 0 bridgehead atoms. The molecular formula is C34H34O6. The molecular weight excluding hydrogens is 504 g/mol. The zero-order valence-corrected chi connectivity index (χ0v) is 22.4. The van der Waals surface area contributed by atoms with Crippen LogP contribution in [0.2, 0.25) is 0 Å². The van der Waals surface area contributed by atoms with E-state index < -0.39 is 23.8 Å². The Morgan fingerprint density at radius 1 is 0.525 bits per heavy atom. The van der Waals surface area contributed by atoms with E-state index in [0.717, 1.165) is 22.3 Å². The van der Waals surface area contributed by atoms with Crippen molar-refractivity contribution < 1.29 is 28.5 Å². The fourth-order valence-electron chi connectivity index (χ4n) is 4.73. The second kappa shape index (κ2) is 14.0. The molecule has 1 saturated heterocycles. The summed E-state index contributed by atoms with van der Waals surface area (Å²) in [6.07, 6.45) is -1.69. The first-order valence-electron chi connectivity index (χ1n) is 13.5. The average molecular weight is 539 g/mol. The van der Waals surface area contributed by atoms with Gasteiger partial charge in [0.15, 0.2) is 11.7 Å². The average Bonchev–Trinajstić information content (AvgIpc) is 3.26. The summed E-state index contributed by atoms with van der Waals surface area (Å²) >= 11 is 0. The molecule has 5 rings (SSSR count). The van der Waals surface area contributed by atoms with Gasteiger partial charge in [-0.2, -0.15) is 0 Å². The van der Waals surface area contributed by atoms with Crippen molar-refractivity contribution >= 4 is 5.97 Å². The van der Waals surface area contributed by atoms with Gasteiger partial charge in [0, 0.05) is 0 Å². The summed E-state index contributed by atoms with van der Waals surface area (Å²) in [5.41, 5.74) is 2.77. The van der Waals surface area contributed by atoms with E-state index in [9.17, 15) is 4.79 Å². The zero-order chi connectivity index (χ0) is 27.5. The van der Waals surface area contributed by atoms with Crippen molar-refractivity contribution in [1.29, 1.82) is 0 Å². The second-order valence-corrected chi connectivity index (χ2v) is 9.88. The monoisotopic (exact) mass is 538 g/mol. The molecule has 6 heteroatoms. The molecule has 1 aliphatic heterocycles. The third-order valence-corrected chi connectivity index (χ3v) is 6.79. The number of cyclic esters (lactones) is 1. The van der Waals surface area contributed by atoms with Gasteiger partial charge in [0.2, 0.25) is 0 Å². The van der Waals surface area contributed by atoms with Gasteiger partial charge in [-0.05, 0) is 22.3 Å². The van der Waals surface area contributed by atoms with E-state index in [0.29, 0.717) is 13.2 Å². The first-order valence-corrected chi connectivity index (χ1v) is 13.5. The molecule has 0 N–H and O–H groups in total. The lowest BCUT2D eigenvalue weighted by Crippen LogP contribution is -2.52. The van der Waals surface area contributed by atoms with Gasteiger partial charge in [0.1, 0.15) is 6.10 Å². The van der Waals surface area contributed by atoms with E-state index in [1.807, 2.05) is 121 Å². The summed E-state index contributed by atoms with van der Waals surface area (Å²) in [4.78, 5) is 13.4. The highest BCUT2D eigenvalue weighted by molar-refractivity contribution is 5.79. The molecule has 0 aliphatic carbocycles. The van der Waals surface area contributed by atoms with E-state index in [4.69, 9.17) is 23.7 Å². The van der Waals surface area contributed by atoms with Crippen LogP contribution in [0, 0.1) is 0 Å².